The number of hydrogen-bond acceptors (Lipinski definition) is 3. The summed E-state index contributed by atoms with van der Waals surface area (Å²) in [7, 11) is 0. The molecule has 0 aromatic carbocycles. The number of thiophene rings is 1. The molecule has 0 saturated carbocycles. The van der Waals surface area contributed by atoms with Gasteiger partial charge in [0.2, 0.25) is 0 Å². The summed E-state index contributed by atoms with van der Waals surface area (Å²) in [5, 5.41) is 5.44. The molecule has 0 bridgehead atoms. The van der Waals surface area contributed by atoms with Crippen LogP contribution in [0, 0.1) is 0 Å². The maximum absolute atomic E-state index is 12.6. The van der Waals surface area contributed by atoms with Gasteiger partial charge in [-0.2, -0.15) is 0 Å². The third-order valence-electron chi connectivity index (χ3n) is 3.53. The summed E-state index contributed by atoms with van der Waals surface area (Å²) in [5.74, 6) is 0.143. The van der Waals surface area contributed by atoms with Crippen molar-refractivity contribution in [3.05, 3.63) is 20.8 Å². The van der Waals surface area contributed by atoms with Crippen molar-refractivity contribution < 1.29 is 4.79 Å². The average molecular weight is 345 g/mol. The second kappa shape index (κ2) is 6.86. The highest BCUT2D eigenvalue weighted by molar-refractivity contribution is 9.11. The maximum Gasteiger partial charge on any atom is 0.255 e. The Morgan fingerprint density at radius 3 is 2.89 bits per heavy atom. The molecular weight excluding hydrogens is 324 g/mol. The van der Waals surface area contributed by atoms with Gasteiger partial charge in [-0.05, 0) is 55.2 Å². The predicted octanol–water partition coefficient (Wildman–Crippen LogP) is 3.50. The van der Waals surface area contributed by atoms with Gasteiger partial charge in [0.05, 0.1) is 9.35 Å². The van der Waals surface area contributed by atoms with Crippen molar-refractivity contribution in [3.8, 4) is 0 Å². The van der Waals surface area contributed by atoms with Crippen LogP contribution in [0.3, 0.4) is 0 Å². The first-order chi connectivity index (χ1) is 9.08. The topological polar surface area (TPSA) is 32.3 Å². The number of carbonyl (C=O) groups is 1. The molecule has 1 unspecified atom stereocenters. The number of hydrogen-bond donors (Lipinski definition) is 1. The highest BCUT2D eigenvalue weighted by atomic mass is 79.9. The molecule has 0 radical (unpaired) electrons. The molecule has 1 aromatic heterocycles. The van der Waals surface area contributed by atoms with Crippen molar-refractivity contribution in [2.75, 3.05) is 13.1 Å². The van der Waals surface area contributed by atoms with Gasteiger partial charge in [-0.25, -0.2) is 0 Å². The summed E-state index contributed by atoms with van der Waals surface area (Å²) in [6.07, 6.45) is 3.69. The van der Waals surface area contributed by atoms with Gasteiger partial charge in [-0.15, -0.1) is 11.3 Å². The summed E-state index contributed by atoms with van der Waals surface area (Å²) >= 11 is 4.98. The van der Waals surface area contributed by atoms with Gasteiger partial charge in [0.1, 0.15) is 0 Å². The summed E-state index contributed by atoms with van der Waals surface area (Å²) < 4.78 is 1.01. The van der Waals surface area contributed by atoms with E-state index in [0.717, 1.165) is 22.4 Å². The minimum Gasteiger partial charge on any atom is -0.335 e. The average Bonchev–Trinajstić information content (AvgIpc) is 2.83. The quantitative estimate of drug-likeness (QED) is 0.906. The second-order valence-corrected chi connectivity index (χ2v) is 7.63. The minimum absolute atomic E-state index is 0.143. The summed E-state index contributed by atoms with van der Waals surface area (Å²) in [5.41, 5.74) is 0.793. The van der Waals surface area contributed by atoms with Crippen LogP contribution in [0.4, 0.5) is 0 Å². The van der Waals surface area contributed by atoms with Gasteiger partial charge < -0.3 is 10.2 Å². The van der Waals surface area contributed by atoms with Crippen molar-refractivity contribution in [2.24, 2.45) is 0 Å². The molecule has 1 aromatic rings. The van der Waals surface area contributed by atoms with Crippen molar-refractivity contribution in [1.29, 1.82) is 0 Å². The molecule has 1 aliphatic heterocycles. The molecule has 1 fully saturated rings. The number of nitrogens with zero attached hydrogens (tertiary/aromatic N) is 1. The van der Waals surface area contributed by atoms with Crippen molar-refractivity contribution in [3.63, 3.8) is 0 Å². The number of piperidine rings is 1. The number of rotatable bonds is 4. The predicted molar refractivity (Wildman–Crippen MR) is 83.8 cm³/mol. The first kappa shape index (κ1) is 15.0. The van der Waals surface area contributed by atoms with E-state index in [4.69, 9.17) is 0 Å². The lowest BCUT2D eigenvalue weighted by Gasteiger charge is -2.33. The van der Waals surface area contributed by atoms with E-state index in [1.807, 2.05) is 16.3 Å². The first-order valence-corrected chi connectivity index (χ1v) is 8.53. The molecule has 1 N–H and O–H groups in total. The molecule has 19 heavy (non-hydrogen) atoms. The van der Waals surface area contributed by atoms with Crippen LogP contribution in [-0.4, -0.2) is 36.0 Å². The molecule has 0 aliphatic carbocycles. The summed E-state index contributed by atoms with van der Waals surface area (Å²) in [6, 6.07) is 2.59. The lowest BCUT2D eigenvalue weighted by molar-refractivity contribution is 0.0677. The number of halogens is 1. The Kier molecular flexibility index (Phi) is 5.42. The minimum atomic E-state index is 0.143. The number of carbonyl (C=O) groups excluding carboxylic acids is 1. The number of amides is 1. The Morgan fingerprint density at radius 1 is 1.58 bits per heavy atom. The Morgan fingerprint density at radius 2 is 2.37 bits per heavy atom. The highest BCUT2D eigenvalue weighted by Gasteiger charge is 2.24. The van der Waals surface area contributed by atoms with Crippen LogP contribution < -0.4 is 5.32 Å². The van der Waals surface area contributed by atoms with E-state index >= 15 is 0 Å². The van der Waals surface area contributed by atoms with E-state index in [-0.39, 0.29) is 11.9 Å². The van der Waals surface area contributed by atoms with Crippen LogP contribution >= 0.6 is 27.3 Å². The van der Waals surface area contributed by atoms with Crippen molar-refractivity contribution >= 4 is 33.2 Å². The lowest BCUT2D eigenvalue weighted by atomic mass is 10.0. The van der Waals surface area contributed by atoms with Crippen molar-refractivity contribution in [1.82, 2.24) is 10.2 Å². The van der Waals surface area contributed by atoms with Crippen LogP contribution in [0.15, 0.2) is 15.2 Å². The molecule has 106 valence electrons. The van der Waals surface area contributed by atoms with Gasteiger partial charge in [-0.3, -0.25) is 4.79 Å². The molecule has 5 heteroatoms. The zero-order valence-electron chi connectivity index (χ0n) is 11.5. The van der Waals surface area contributed by atoms with Gasteiger partial charge in [0, 0.05) is 24.0 Å². The summed E-state index contributed by atoms with van der Waals surface area (Å²) in [4.78, 5) is 14.5. The van der Waals surface area contributed by atoms with Gasteiger partial charge >= 0.3 is 0 Å². The lowest BCUT2D eigenvalue weighted by Crippen LogP contribution is -2.48. The molecule has 0 spiro atoms. The molecule has 2 rings (SSSR count). The van der Waals surface area contributed by atoms with Crippen LogP contribution in [-0.2, 0) is 0 Å². The Bertz CT molecular complexity index is 427. The number of nitrogens with one attached hydrogen (secondary N) is 1. The van der Waals surface area contributed by atoms with Crippen LogP contribution in [0.1, 0.15) is 43.5 Å². The smallest absolute Gasteiger partial charge is 0.255 e. The van der Waals surface area contributed by atoms with E-state index in [2.05, 4.69) is 35.1 Å². The molecule has 3 nitrogen and oxygen atoms in total. The normalized spacial score (nSPS) is 19.7. The SMILES string of the molecule is CC(C)N(CC1CCCCN1)C(=O)c1csc(Br)c1. The fraction of sp³-hybridized carbons (Fsp3) is 0.643. The molecule has 2 heterocycles. The second-order valence-electron chi connectivity index (χ2n) is 5.34. The van der Waals surface area contributed by atoms with E-state index < -0.39 is 0 Å². The molecule has 1 aliphatic rings. The van der Waals surface area contributed by atoms with Gasteiger partial charge in [0.15, 0.2) is 0 Å². The van der Waals surface area contributed by atoms with Gasteiger partial charge in [0.25, 0.3) is 5.91 Å². The monoisotopic (exact) mass is 344 g/mol. The van der Waals surface area contributed by atoms with Crippen LogP contribution in [0.5, 0.6) is 0 Å². The zero-order valence-corrected chi connectivity index (χ0v) is 13.9. The Hall–Kier alpha value is -0.390. The van der Waals surface area contributed by atoms with E-state index in [9.17, 15) is 4.79 Å². The standard InChI is InChI=1S/C14H21BrN2OS/c1-10(2)17(8-12-5-3-4-6-16-12)14(18)11-7-13(15)19-9-11/h7,9-10,12,16H,3-6,8H2,1-2H3. The zero-order chi connectivity index (χ0) is 13.8. The first-order valence-electron chi connectivity index (χ1n) is 6.86. The van der Waals surface area contributed by atoms with Crippen LogP contribution in [0.25, 0.3) is 0 Å². The van der Waals surface area contributed by atoms with E-state index in [1.165, 1.54) is 19.3 Å². The van der Waals surface area contributed by atoms with E-state index in [1.54, 1.807) is 11.3 Å². The van der Waals surface area contributed by atoms with Crippen LogP contribution in [0.2, 0.25) is 0 Å². The van der Waals surface area contributed by atoms with Crippen molar-refractivity contribution in [2.45, 2.75) is 45.2 Å². The largest absolute Gasteiger partial charge is 0.335 e. The molecule has 1 saturated heterocycles. The van der Waals surface area contributed by atoms with Gasteiger partial charge in [-0.1, -0.05) is 6.42 Å². The Balaban J connectivity index is 2.04. The molecular formula is C14H21BrN2OS. The van der Waals surface area contributed by atoms with E-state index in [0.29, 0.717) is 6.04 Å². The fourth-order valence-corrected chi connectivity index (χ4v) is 3.56. The fourth-order valence-electron chi connectivity index (χ4n) is 2.43. The molecule has 1 amide bonds. The third kappa shape index (κ3) is 4.04. The maximum atomic E-state index is 12.6. The highest BCUT2D eigenvalue weighted by Crippen LogP contribution is 2.23. The molecule has 1 atom stereocenters. The summed E-state index contributed by atoms with van der Waals surface area (Å²) in [6.45, 7) is 6.06. The Labute approximate surface area is 127 Å². The third-order valence-corrected chi connectivity index (χ3v) is 5.03.